The van der Waals surface area contributed by atoms with Gasteiger partial charge in [-0.3, -0.25) is 0 Å². The minimum Gasteiger partial charge on any atom is -0.481 e. The van der Waals surface area contributed by atoms with E-state index in [2.05, 4.69) is 9.97 Å². The van der Waals surface area contributed by atoms with E-state index in [0.29, 0.717) is 0 Å². The molecule has 0 aliphatic rings. The summed E-state index contributed by atoms with van der Waals surface area (Å²) in [6, 6.07) is 1.29. The van der Waals surface area contributed by atoms with Gasteiger partial charge in [0.2, 0.25) is 17.5 Å². The molecule has 1 aromatic rings. The molecule has 0 amide bonds. The van der Waals surface area contributed by atoms with Crippen LogP contribution in [0.4, 0.5) is 0 Å². The summed E-state index contributed by atoms with van der Waals surface area (Å²) in [5.74, 6) is -1.06. The normalized spacial score (nSPS) is 10.9. The molecule has 0 aliphatic carbocycles. The molecule has 0 saturated heterocycles. The Bertz CT molecular complexity index is 422. The van der Waals surface area contributed by atoms with E-state index in [-0.39, 0.29) is 23.5 Å². The van der Waals surface area contributed by atoms with E-state index in [1.807, 2.05) is 0 Å². The molecule has 1 rings (SSSR count). The summed E-state index contributed by atoms with van der Waals surface area (Å²) >= 11 is 0. The first-order chi connectivity index (χ1) is 8.10. The highest BCUT2D eigenvalue weighted by Gasteiger charge is 2.13. The lowest BCUT2D eigenvalue weighted by atomic mass is 10.5. The van der Waals surface area contributed by atoms with E-state index in [1.54, 1.807) is 0 Å². The lowest BCUT2D eigenvalue weighted by molar-refractivity contribution is -0.135. The molecule has 0 saturated carbocycles. The Balaban J connectivity index is 3.01. The molecule has 0 fully saturated rings. The van der Waals surface area contributed by atoms with Crippen molar-refractivity contribution in [1.29, 1.82) is 0 Å². The number of carbonyl (C=O) groups is 1. The Morgan fingerprint density at radius 3 is 2.18 bits per heavy atom. The number of carboxylic acid groups (broad SMARTS) is 1. The second-order valence-electron chi connectivity index (χ2n) is 2.80. The highest BCUT2D eigenvalue weighted by atomic mass is 16.5. The van der Waals surface area contributed by atoms with Crippen molar-refractivity contribution < 1.29 is 24.1 Å². The van der Waals surface area contributed by atoms with Gasteiger partial charge in [-0.2, -0.15) is 9.97 Å². The number of hydrogen-bond acceptors (Lipinski definition) is 6. The minimum absolute atomic E-state index is 0.156. The molecule has 92 valence electrons. The molecular formula is C10H12N2O5. The first kappa shape index (κ1) is 12.8. The molecule has 7 nitrogen and oxygen atoms in total. The van der Waals surface area contributed by atoms with Gasteiger partial charge in [0.15, 0.2) is 0 Å². The average Bonchev–Trinajstić information content (AvgIpc) is 2.34. The minimum atomic E-state index is -1.21. The van der Waals surface area contributed by atoms with E-state index < -0.39 is 5.97 Å². The molecule has 17 heavy (non-hydrogen) atoms. The molecular weight excluding hydrogens is 228 g/mol. The maximum Gasteiger partial charge on any atom is 0.371 e. The predicted molar refractivity (Wildman–Crippen MR) is 57.2 cm³/mol. The summed E-state index contributed by atoms with van der Waals surface area (Å²) in [4.78, 5) is 18.4. The summed E-state index contributed by atoms with van der Waals surface area (Å²) < 4.78 is 14.8. The third-order valence-corrected chi connectivity index (χ3v) is 1.75. The van der Waals surface area contributed by atoms with Gasteiger partial charge in [-0.05, 0) is 13.0 Å². The number of rotatable bonds is 5. The lowest BCUT2D eigenvalue weighted by Crippen LogP contribution is -2.09. The number of methoxy groups -OCH3 is 2. The number of hydrogen-bond donors (Lipinski definition) is 1. The van der Waals surface area contributed by atoms with Gasteiger partial charge in [0, 0.05) is 0 Å². The van der Waals surface area contributed by atoms with Crippen molar-refractivity contribution in [2.45, 2.75) is 6.92 Å². The van der Waals surface area contributed by atoms with Crippen LogP contribution in [0.2, 0.25) is 0 Å². The van der Waals surface area contributed by atoms with Crippen LogP contribution in [0.25, 0.3) is 0 Å². The molecule has 0 aromatic carbocycles. The maximum atomic E-state index is 10.7. The molecule has 0 spiro atoms. The Morgan fingerprint density at radius 1 is 1.29 bits per heavy atom. The van der Waals surface area contributed by atoms with Crippen LogP contribution in [0.5, 0.6) is 17.8 Å². The summed E-state index contributed by atoms with van der Waals surface area (Å²) in [6.07, 6.45) is 1.29. The number of carboxylic acids is 1. The van der Waals surface area contributed by atoms with Crippen LogP contribution in [0.3, 0.4) is 0 Å². The van der Waals surface area contributed by atoms with Crippen LogP contribution < -0.4 is 14.2 Å². The summed E-state index contributed by atoms with van der Waals surface area (Å²) in [5, 5.41) is 8.78. The molecule has 7 heteroatoms. The van der Waals surface area contributed by atoms with Gasteiger partial charge >= 0.3 is 12.0 Å². The molecule has 1 heterocycles. The van der Waals surface area contributed by atoms with Crippen molar-refractivity contribution >= 4 is 5.97 Å². The number of allylic oxidation sites excluding steroid dienone is 1. The first-order valence-electron chi connectivity index (χ1n) is 4.65. The summed E-state index contributed by atoms with van der Waals surface area (Å²) in [5.41, 5.74) is 0. The fourth-order valence-corrected chi connectivity index (χ4v) is 0.963. The van der Waals surface area contributed by atoms with Crippen LogP contribution in [-0.4, -0.2) is 35.3 Å². The predicted octanol–water partition coefficient (Wildman–Crippen LogP) is 0.861. The summed E-state index contributed by atoms with van der Waals surface area (Å²) in [7, 11) is 2.83. The topological polar surface area (TPSA) is 90.8 Å². The number of nitrogens with zero attached hydrogens (tertiary/aromatic N) is 2. The zero-order chi connectivity index (χ0) is 12.8. The van der Waals surface area contributed by atoms with Gasteiger partial charge < -0.3 is 19.3 Å². The van der Waals surface area contributed by atoms with Crippen LogP contribution in [-0.2, 0) is 4.79 Å². The second kappa shape index (κ2) is 5.69. The number of aliphatic carboxylic acids is 1. The van der Waals surface area contributed by atoms with Crippen molar-refractivity contribution in [3.05, 3.63) is 17.9 Å². The average molecular weight is 240 g/mol. The standard InChI is InChI=1S/C10H12N2O5/c1-4-6(9(13)14)17-10-11-7(15-2)5-8(12-10)16-3/h4-5H,1-3H3,(H,13,14). The highest BCUT2D eigenvalue weighted by Crippen LogP contribution is 2.19. The van der Waals surface area contributed by atoms with Crippen LogP contribution >= 0.6 is 0 Å². The van der Waals surface area contributed by atoms with Crippen LogP contribution in [0, 0.1) is 0 Å². The van der Waals surface area contributed by atoms with Gasteiger partial charge in [-0.25, -0.2) is 4.79 Å². The monoisotopic (exact) mass is 240 g/mol. The first-order valence-corrected chi connectivity index (χ1v) is 4.65. The third kappa shape index (κ3) is 3.33. The smallest absolute Gasteiger partial charge is 0.371 e. The maximum absolute atomic E-state index is 10.7. The molecule has 0 aliphatic heterocycles. The Hall–Kier alpha value is -2.31. The zero-order valence-electron chi connectivity index (χ0n) is 9.63. The van der Waals surface area contributed by atoms with Gasteiger partial charge in [0.1, 0.15) is 0 Å². The van der Waals surface area contributed by atoms with E-state index >= 15 is 0 Å². The van der Waals surface area contributed by atoms with Crippen molar-refractivity contribution in [3.8, 4) is 17.8 Å². The van der Waals surface area contributed by atoms with Crippen molar-refractivity contribution in [2.75, 3.05) is 14.2 Å². The molecule has 1 N–H and O–H groups in total. The van der Waals surface area contributed by atoms with Crippen molar-refractivity contribution in [2.24, 2.45) is 0 Å². The van der Waals surface area contributed by atoms with Crippen LogP contribution in [0.1, 0.15) is 6.92 Å². The van der Waals surface area contributed by atoms with Gasteiger partial charge in [-0.1, -0.05) is 0 Å². The van der Waals surface area contributed by atoms with Gasteiger partial charge in [-0.15, -0.1) is 0 Å². The largest absolute Gasteiger partial charge is 0.481 e. The fraction of sp³-hybridized carbons (Fsp3) is 0.300. The molecule has 0 unspecified atom stereocenters. The van der Waals surface area contributed by atoms with Crippen LogP contribution in [0.15, 0.2) is 17.9 Å². The van der Waals surface area contributed by atoms with Crippen molar-refractivity contribution in [3.63, 3.8) is 0 Å². The van der Waals surface area contributed by atoms with Crippen molar-refractivity contribution in [1.82, 2.24) is 9.97 Å². The molecule has 0 bridgehead atoms. The van der Waals surface area contributed by atoms with E-state index in [4.69, 9.17) is 19.3 Å². The lowest BCUT2D eigenvalue weighted by Gasteiger charge is -2.07. The Kier molecular flexibility index (Phi) is 4.27. The quantitative estimate of drug-likeness (QED) is 0.602. The number of aromatic nitrogens is 2. The van der Waals surface area contributed by atoms with E-state index in [9.17, 15) is 4.79 Å². The Morgan fingerprint density at radius 2 is 1.82 bits per heavy atom. The fourth-order valence-electron chi connectivity index (χ4n) is 0.963. The zero-order valence-corrected chi connectivity index (χ0v) is 9.63. The molecule has 0 radical (unpaired) electrons. The highest BCUT2D eigenvalue weighted by molar-refractivity contribution is 5.84. The van der Waals surface area contributed by atoms with Gasteiger partial charge in [0.05, 0.1) is 20.3 Å². The Labute approximate surface area is 97.7 Å². The van der Waals surface area contributed by atoms with E-state index in [1.165, 1.54) is 33.3 Å². The van der Waals surface area contributed by atoms with E-state index in [0.717, 1.165) is 0 Å². The second-order valence-corrected chi connectivity index (χ2v) is 2.80. The summed E-state index contributed by atoms with van der Waals surface area (Å²) in [6.45, 7) is 1.53. The van der Waals surface area contributed by atoms with Gasteiger partial charge in [0.25, 0.3) is 0 Å². The molecule has 1 aromatic heterocycles. The number of ether oxygens (including phenoxy) is 3. The SMILES string of the molecule is CC=C(Oc1nc(OC)cc(OC)n1)C(=O)O. The molecule has 0 atom stereocenters. The third-order valence-electron chi connectivity index (χ3n) is 1.75.